The van der Waals surface area contributed by atoms with Gasteiger partial charge in [-0.05, 0) is 36.2 Å². The van der Waals surface area contributed by atoms with Crippen molar-refractivity contribution in [1.82, 2.24) is 5.32 Å². The van der Waals surface area contributed by atoms with Crippen molar-refractivity contribution in [2.24, 2.45) is 0 Å². The van der Waals surface area contributed by atoms with Crippen molar-refractivity contribution in [2.75, 3.05) is 18.0 Å². The van der Waals surface area contributed by atoms with Crippen LogP contribution < -0.4 is 10.2 Å². The average Bonchev–Trinajstić information content (AvgIpc) is 2.58. The first kappa shape index (κ1) is 18.9. The number of hydrogen-bond acceptors (Lipinski definition) is 2. The fourth-order valence-electron chi connectivity index (χ4n) is 2.42. The van der Waals surface area contributed by atoms with Gasteiger partial charge in [-0.15, -0.1) is 0 Å². The Morgan fingerprint density at radius 1 is 1.12 bits per heavy atom. The van der Waals surface area contributed by atoms with Crippen LogP contribution in [0.1, 0.15) is 18.9 Å². The largest absolute Gasteiger partial charge is 0.356 e. The molecule has 25 heavy (non-hydrogen) atoms. The number of rotatable bonds is 7. The van der Waals surface area contributed by atoms with Gasteiger partial charge in [0, 0.05) is 31.5 Å². The van der Waals surface area contributed by atoms with Crippen LogP contribution in [0.5, 0.6) is 0 Å². The Bertz CT molecular complexity index is 734. The van der Waals surface area contributed by atoms with Gasteiger partial charge in [0.05, 0.1) is 5.69 Å². The summed E-state index contributed by atoms with van der Waals surface area (Å²) in [6, 6.07) is 13.4. The van der Waals surface area contributed by atoms with Gasteiger partial charge >= 0.3 is 0 Å². The van der Waals surface area contributed by atoms with E-state index in [4.69, 9.17) is 11.6 Å². The predicted molar refractivity (Wildman–Crippen MR) is 97.2 cm³/mol. The summed E-state index contributed by atoms with van der Waals surface area (Å²) in [4.78, 5) is 25.0. The van der Waals surface area contributed by atoms with Gasteiger partial charge in [-0.2, -0.15) is 0 Å². The van der Waals surface area contributed by atoms with E-state index in [1.165, 1.54) is 24.0 Å². The quantitative estimate of drug-likeness (QED) is 0.818. The average molecular weight is 363 g/mol. The molecule has 2 amide bonds. The number of anilines is 1. The Labute approximate surface area is 151 Å². The Kier molecular flexibility index (Phi) is 6.95. The Morgan fingerprint density at radius 3 is 2.44 bits per heavy atom. The van der Waals surface area contributed by atoms with E-state index in [-0.39, 0.29) is 30.5 Å². The molecule has 0 fully saturated rings. The van der Waals surface area contributed by atoms with Crippen LogP contribution in [0.4, 0.5) is 10.1 Å². The maximum Gasteiger partial charge on any atom is 0.223 e. The molecular weight excluding hydrogens is 343 g/mol. The lowest BCUT2D eigenvalue weighted by atomic mass is 10.1. The summed E-state index contributed by atoms with van der Waals surface area (Å²) in [5, 5.41) is 3.47. The molecule has 1 N–H and O–H groups in total. The molecule has 0 heterocycles. The first-order chi connectivity index (χ1) is 12.0. The highest BCUT2D eigenvalue weighted by molar-refractivity contribution is 6.30. The fourth-order valence-corrected chi connectivity index (χ4v) is 2.54. The number of nitrogens with one attached hydrogen (secondary N) is 1. The van der Waals surface area contributed by atoms with E-state index >= 15 is 0 Å². The van der Waals surface area contributed by atoms with Crippen molar-refractivity contribution >= 4 is 29.1 Å². The Balaban J connectivity index is 1.82. The lowest BCUT2D eigenvalue weighted by Gasteiger charge is -2.21. The molecular formula is C19H20ClFN2O2. The SMILES string of the molecule is CC(=O)N(CCC(=O)NCCc1ccc(Cl)cc1)c1ccccc1F. The van der Waals surface area contributed by atoms with Crippen molar-refractivity contribution in [2.45, 2.75) is 19.8 Å². The van der Waals surface area contributed by atoms with Crippen LogP contribution in [0, 0.1) is 5.82 Å². The molecule has 6 heteroatoms. The number of hydrogen-bond donors (Lipinski definition) is 1. The third-order valence-electron chi connectivity index (χ3n) is 3.73. The summed E-state index contributed by atoms with van der Waals surface area (Å²) in [5.74, 6) is -0.975. The number of para-hydroxylation sites is 1. The number of halogens is 2. The molecule has 0 bridgehead atoms. The van der Waals surface area contributed by atoms with Crippen molar-refractivity contribution in [3.63, 3.8) is 0 Å². The van der Waals surface area contributed by atoms with E-state index in [1.54, 1.807) is 24.3 Å². The number of carbonyl (C=O) groups excluding carboxylic acids is 2. The standard InChI is InChI=1S/C19H20ClFN2O2/c1-14(24)23(18-5-3-2-4-17(18)21)13-11-19(25)22-12-10-15-6-8-16(20)9-7-15/h2-9H,10-13H2,1H3,(H,22,25). The minimum atomic E-state index is -0.485. The molecule has 0 saturated heterocycles. The van der Waals surface area contributed by atoms with Gasteiger partial charge in [0.25, 0.3) is 0 Å². The van der Waals surface area contributed by atoms with Gasteiger partial charge in [0.1, 0.15) is 5.82 Å². The van der Waals surface area contributed by atoms with Crippen LogP contribution in [0.15, 0.2) is 48.5 Å². The minimum absolute atomic E-state index is 0.106. The number of amides is 2. The van der Waals surface area contributed by atoms with Gasteiger partial charge < -0.3 is 10.2 Å². The molecule has 0 aliphatic carbocycles. The number of benzene rings is 2. The summed E-state index contributed by atoms with van der Waals surface area (Å²) >= 11 is 5.83. The van der Waals surface area contributed by atoms with Gasteiger partial charge in [0.2, 0.25) is 11.8 Å². The molecule has 0 atom stereocenters. The van der Waals surface area contributed by atoms with Gasteiger partial charge in [-0.25, -0.2) is 4.39 Å². The minimum Gasteiger partial charge on any atom is -0.356 e. The van der Waals surface area contributed by atoms with Crippen LogP contribution in [-0.4, -0.2) is 24.9 Å². The van der Waals surface area contributed by atoms with Crippen LogP contribution in [0.25, 0.3) is 0 Å². The van der Waals surface area contributed by atoms with E-state index < -0.39 is 5.82 Å². The topological polar surface area (TPSA) is 49.4 Å². The molecule has 0 aliphatic rings. The third kappa shape index (κ3) is 5.87. The summed E-state index contributed by atoms with van der Waals surface area (Å²) < 4.78 is 13.8. The Hall–Kier alpha value is -2.40. The predicted octanol–water partition coefficient (Wildman–Crippen LogP) is 3.58. The van der Waals surface area contributed by atoms with Crippen molar-refractivity contribution in [3.05, 3.63) is 64.9 Å². The Morgan fingerprint density at radius 2 is 1.80 bits per heavy atom. The molecule has 4 nitrogen and oxygen atoms in total. The molecule has 2 rings (SSSR count). The molecule has 132 valence electrons. The summed E-state index contributed by atoms with van der Waals surface area (Å²) in [6.07, 6.45) is 0.793. The highest BCUT2D eigenvalue weighted by Crippen LogP contribution is 2.19. The second-order valence-electron chi connectivity index (χ2n) is 5.60. The lowest BCUT2D eigenvalue weighted by molar-refractivity contribution is -0.121. The van der Waals surface area contributed by atoms with Gasteiger partial charge in [-0.1, -0.05) is 35.9 Å². The fraction of sp³-hybridized carbons (Fsp3) is 0.263. The molecule has 2 aromatic rings. The van der Waals surface area contributed by atoms with Crippen LogP contribution in [-0.2, 0) is 16.0 Å². The second-order valence-corrected chi connectivity index (χ2v) is 6.03. The van der Waals surface area contributed by atoms with Crippen molar-refractivity contribution in [3.8, 4) is 0 Å². The first-order valence-electron chi connectivity index (χ1n) is 8.01. The van der Waals surface area contributed by atoms with Gasteiger partial charge in [0.15, 0.2) is 0 Å². The van der Waals surface area contributed by atoms with E-state index in [2.05, 4.69) is 5.32 Å². The molecule has 0 spiro atoms. The maximum atomic E-state index is 13.8. The highest BCUT2D eigenvalue weighted by Gasteiger charge is 2.16. The van der Waals surface area contributed by atoms with Crippen LogP contribution in [0.2, 0.25) is 5.02 Å². The molecule has 0 unspecified atom stereocenters. The van der Waals surface area contributed by atoms with E-state index in [1.807, 2.05) is 12.1 Å². The highest BCUT2D eigenvalue weighted by atomic mass is 35.5. The van der Waals surface area contributed by atoms with E-state index in [0.29, 0.717) is 18.0 Å². The third-order valence-corrected chi connectivity index (χ3v) is 3.99. The second kappa shape index (κ2) is 9.18. The molecule has 2 aromatic carbocycles. The first-order valence-corrected chi connectivity index (χ1v) is 8.39. The zero-order valence-corrected chi connectivity index (χ0v) is 14.7. The van der Waals surface area contributed by atoms with Crippen molar-refractivity contribution in [1.29, 1.82) is 0 Å². The van der Waals surface area contributed by atoms with Crippen LogP contribution >= 0.6 is 11.6 Å². The molecule has 0 aliphatic heterocycles. The molecule has 0 radical (unpaired) electrons. The normalized spacial score (nSPS) is 10.4. The summed E-state index contributed by atoms with van der Waals surface area (Å²) in [5.41, 5.74) is 1.25. The van der Waals surface area contributed by atoms with E-state index in [9.17, 15) is 14.0 Å². The lowest BCUT2D eigenvalue weighted by Crippen LogP contribution is -2.34. The number of nitrogens with zero attached hydrogens (tertiary/aromatic N) is 1. The zero-order chi connectivity index (χ0) is 18.2. The van der Waals surface area contributed by atoms with E-state index in [0.717, 1.165) is 5.56 Å². The van der Waals surface area contributed by atoms with Gasteiger partial charge in [-0.3, -0.25) is 9.59 Å². The smallest absolute Gasteiger partial charge is 0.223 e. The monoisotopic (exact) mass is 362 g/mol. The maximum absolute atomic E-state index is 13.8. The molecule has 0 aromatic heterocycles. The van der Waals surface area contributed by atoms with Crippen molar-refractivity contribution < 1.29 is 14.0 Å². The zero-order valence-electron chi connectivity index (χ0n) is 14.0. The summed E-state index contributed by atoms with van der Waals surface area (Å²) in [7, 11) is 0. The molecule has 0 saturated carbocycles. The summed E-state index contributed by atoms with van der Waals surface area (Å²) in [6.45, 7) is 1.97. The van der Waals surface area contributed by atoms with Crippen LogP contribution in [0.3, 0.4) is 0 Å². The number of carbonyl (C=O) groups is 2.